The van der Waals surface area contributed by atoms with Crippen LogP contribution in [0.5, 0.6) is 0 Å². The van der Waals surface area contributed by atoms with E-state index in [0.29, 0.717) is 36.6 Å². The monoisotopic (exact) mass is 502 g/mol. The molecule has 3 aromatic rings. The van der Waals surface area contributed by atoms with Gasteiger partial charge in [0.1, 0.15) is 12.4 Å². The Kier molecular flexibility index (Phi) is 9.04. The lowest BCUT2D eigenvalue weighted by molar-refractivity contribution is -0.116. The summed E-state index contributed by atoms with van der Waals surface area (Å²) in [6.07, 6.45) is 0.560. The third kappa shape index (κ3) is 7.66. The Morgan fingerprint density at radius 3 is 2.54 bits per heavy atom. The quantitative estimate of drug-likeness (QED) is 0.406. The molecule has 9 nitrogen and oxygen atoms in total. The van der Waals surface area contributed by atoms with E-state index in [4.69, 9.17) is 15.1 Å². The Morgan fingerprint density at radius 2 is 1.86 bits per heavy atom. The third-order valence-corrected chi connectivity index (χ3v) is 5.63. The highest BCUT2D eigenvalue weighted by molar-refractivity contribution is 5.96. The van der Waals surface area contributed by atoms with E-state index < -0.39 is 6.03 Å². The fourth-order valence-electron chi connectivity index (χ4n) is 3.67. The third-order valence-electron chi connectivity index (χ3n) is 5.63. The van der Waals surface area contributed by atoms with Crippen LogP contribution >= 0.6 is 0 Å². The molecule has 3 amide bonds. The molecule has 0 aliphatic carbocycles. The smallest absolute Gasteiger partial charge is 0.322 e. The van der Waals surface area contributed by atoms with Crippen molar-refractivity contribution in [2.45, 2.75) is 39.5 Å². The Labute approximate surface area is 218 Å². The van der Waals surface area contributed by atoms with E-state index in [9.17, 15) is 9.59 Å². The number of methoxy groups -OCH3 is 1. The highest BCUT2D eigenvalue weighted by Gasteiger charge is 2.23. The first-order valence-electron chi connectivity index (χ1n) is 12.1. The molecule has 1 aromatic heterocycles. The van der Waals surface area contributed by atoms with Gasteiger partial charge in [0.05, 0.1) is 23.0 Å². The van der Waals surface area contributed by atoms with Crippen molar-refractivity contribution in [1.29, 1.82) is 5.26 Å². The molecule has 9 heteroatoms. The first-order valence-corrected chi connectivity index (χ1v) is 12.1. The minimum atomic E-state index is -0.441. The number of urea groups is 1. The summed E-state index contributed by atoms with van der Waals surface area (Å²) in [7, 11) is 1.59. The van der Waals surface area contributed by atoms with Gasteiger partial charge in [-0.15, -0.1) is 0 Å². The van der Waals surface area contributed by atoms with E-state index >= 15 is 0 Å². The average molecular weight is 503 g/mol. The second-order valence-electron chi connectivity index (χ2n) is 9.85. The number of nitrogens with zero attached hydrogens (tertiary/aromatic N) is 4. The van der Waals surface area contributed by atoms with Crippen molar-refractivity contribution in [3.63, 3.8) is 0 Å². The van der Waals surface area contributed by atoms with Crippen molar-refractivity contribution in [2.24, 2.45) is 0 Å². The lowest BCUT2D eigenvalue weighted by Gasteiger charge is -2.23. The molecule has 0 spiro atoms. The number of aromatic nitrogens is 2. The molecule has 3 rings (SSSR count). The van der Waals surface area contributed by atoms with E-state index in [1.165, 1.54) is 4.90 Å². The number of hydrogen-bond donors (Lipinski definition) is 2. The van der Waals surface area contributed by atoms with Crippen LogP contribution in [0.1, 0.15) is 44.0 Å². The Morgan fingerprint density at radius 1 is 1.11 bits per heavy atom. The Balaban J connectivity index is 1.81. The predicted molar refractivity (Wildman–Crippen MR) is 144 cm³/mol. The van der Waals surface area contributed by atoms with Crippen molar-refractivity contribution in [3.8, 4) is 11.8 Å². The normalized spacial score (nSPS) is 11.0. The highest BCUT2D eigenvalue weighted by Crippen LogP contribution is 2.26. The van der Waals surface area contributed by atoms with Crippen LogP contribution in [-0.4, -0.2) is 53.4 Å². The van der Waals surface area contributed by atoms with E-state index in [2.05, 4.69) is 37.5 Å². The van der Waals surface area contributed by atoms with Gasteiger partial charge in [-0.2, -0.15) is 10.4 Å². The van der Waals surface area contributed by atoms with Gasteiger partial charge in [0.15, 0.2) is 0 Å². The number of hydrogen-bond acceptors (Lipinski definition) is 5. The van der Waals surface area contributed by atoms with Crippen LogP contribution in [-0.2, 0) is 14.9 Å². The number of rotatable bonds is 9. The van der Waals surface area contributed by atoms with Gasteiger partial charge < -0.3 is 20.3 Å². The number of benzene rings is 2. The van der Waals surface area contributed by atoms with Crippen molar-refractivity contribution in [2.75, 3.05) is 37.4 Å². The molecule has 0 unspecified atom stereocenters. The minimum Gasteiger partial charge on any atom is -0.385 e. The zero-order valence-corrected chi connectivity index (χ0v) is 22.0. The molecule has 0 saturated carbocycles. The molecule has 0 saturated heterocycles. The van der Waals surface area contributed by atoms with Crippen molar-refractivity contribution >= 4 is 23.4 Å². The second kappa shape index (κ2) is 12.2. The van der Waals surface area contributed by atoms with Crippen LogP contribution < -0.4 is 10.6 Å². The van der Waals surface area contributed by atoms with Gasteiger partial charge in [-0.1, -0.05) is 39.0 Å². The van der Waals surface area contributed by atoms with Gasteiger partial charge in [0.2, 0.25) is 5.91 Å². The molecule has 0 radical (unpaired) electrons. The molecular formula is C28H34N6O3. The summed E-state index contributed by atoms with van der Waals surface area (Å²) >= 11 is 0. The van der Waals surface area contributed by atoms with Gasteiger partial charge in [-0.3, -0.25) is 4.79 Å². The molecule has 2 aromatic carbocycles. The summed E-state index contributed by atoms with van der Waals surface area (Å²) in [6.45, 7) is 8.77. The number of amides is 3. The molecule has 1 heterocycles. The number of carbonyl (C=O) groups is 2. The molecule has 0 aliphatic heterocycles. The summed E-state index contributed by atoms with van der Waals surface area (Å²) in [5.41, 5.74) is 3.42. The first kappa shape index (κ1) is 27.4. The molecular weight excluding hydrogens is 468 g/mol. The van der Waals surface area contributed by atoms with Crippen LogP contribution in [0.4, 0.5) is 16.3 Å². The van der Waals surface area contributed by atoms with E-state index in [0.717, 1.165) is 16.9 Å². The lowest BCUT2D eigenvalue weighted by atomic mass is 9.92. The highest BCUT2D eigenvalue weighted by atomic mass is 16.5. The zero-order chi connectivity index (χ0) is 27.0. The minimum absolute atomic E-state index is 0.169. The van der Waals surface area contributed by atoms with E-state index in [1.54, 1.807) is 36.1 Å². The van der Waals surface area contributed by atoms with Crippen LogP contribution in [0.25, 0.3) is 5.69 Å². The van der Waals surface area contributed by atoms with Crippen molar-refractivity contribution in [1.82, 2.24) is 14.7 Å². The number of anilines is 2. The number of nitrogens with one attached hydrogen (secondary N) is 2. The molecule has 0 fully saturated rings. The zero-order valence-electron chi connectivity index (χ0n) is 22.0. The summed E-state index contributed by atoms with van der Waals surface area (Å²) in [5, 5.41) is 19.6. The standard InChI is InChI=1S/C28H34N6O3/c1-20-9-6-12-23(15-20)34-25(17-24(32-34)28(2,3)4)31-26(35)19-33(13-8-14-37-5)27(36)30-22-11-7-10-21(16-22)18-29/h6-7,9-12,15-17H,8,13-14,19H2,1-5H3,(H,30,36)(H,31,35). The lowest BCUT2D eigenvalue weighted by Crippen LogP contribution is -2.41. The molecule has 37 heavy (non-hydrogen) atoms. The fraction of sp³-hybridized carbons (Fsp3) is 0.357. The maximum absolute atomic E-state index is 13.2. The molecule has 0 aliphatic rings. The van der Waals surface area contributed by atoms with Crippen molar-refractivity contribution in [3.05, 3.63) is 71.4 Å². The predicted octanol–water partition coefficient (Wildman–Crippen LogP) is 4.86. The van der Waals surface area contributed by atoms with Crippen LogP contribution in [0.2, 0.25) is 0 Å². The second-order valence-corrected chi connectivity index (χ2v) is 9.85. The summed E-state index contributed by atoms with van der Waals surface area (Å²) < 4.78 is 6.84. The summed E-state index contributed by atoms with van der Waals surface area (Å²) in [4.78, 5) is 27.6. The molecule has 0 bridgehead atoms. The van der Waals surface area contributed by atoms with Crippen molar-refractivity contribution < 1.29 is 14.3 Å². The summed E-state index contributed by atoms with van der Waals surface area (Å²) in [5.74, 6) is 0.173. The van der Waals surface area contributed by atoms with Gasteiger partial charge in [-0.25, -0.2) is 9.48 Å². The summed E-state index contributed by atoms with van der Waals surface area (Å²) in [6, 6.07) is 18.0. The van der Waals surface area contributed by atoms with Crippen LogP contribution in [0, 0.1) is 18.3 Å². The maximum atomic E-state index is 13.2. The van der Waals surface area contributed by atoms with E-state index in [-0.39, 0.29) is 17.9 Å². The first-order chi connectivity index (χ1) is 17.6. The fourth-order valence-corrected chi connectivity index (χ4v) is 3.67. The van der Waals surface area contributed by atoms with Gasteiger partial charge in [-0.05, 0) is 49.2 Å². The average Bonchev–Trinajstić information content (AvgIpc) is 3.28. The van der Waals surface area contributed by atoms with Crippen LogP contribution in [0.3, 0.4) is 0 Å². The molecule has 0 atom stereocenters. The Hall–Kier alpha value is -4.16. The SMILES string of the molecule is COCCCN(CC(=O)Nc1cc(C(C)(C)C)nn1-c1cccc(C)c1)C(=O)Nc1cccc(C#N)c1. The largest absolute Gasteiger partial charge is 0.385 e. The number of nitriles is 1. The van der Waals surface area contributed by atoms with E-state index in [1.807, 2.05) is 37.3 Å². The number of carbonyl (C=O) groups excluding carboxylic acids is 2. The van der Waals surface area contributed by atoms with Crippen LogP contribution in [0.15, 0.2) is 54.6 Å². The maximum Gasteiger partial charge on any atom is 0.322 e. The molecule has 2 N–H and O–H groups in total. The molecule has 194 valence electrons. The van der Waals surface area contributed by atoms with Gasteiger partial charge >= 0.3 is 6.03 Å². The van der Waals surface area contributed by atoms with Gasteiger partial charge in [0.25, 0.3) is 0 Å². The topological polar surface area (TPSA) is 112 Å². The Bertz CT molecular complexity index is 1290. The number of ether oxygens (including phenoxy) is 1. The van der Waals surface area contributed by atoms with Gasteiger partial charge in [0, 0.05) is 37.4 Å². The number of aryl methyl sites for hydroxylation is 1.